The van der Waals surface area contributed by atoms with Crippen molar-refractivity contribution in [2.75, 3.05) is 6.61 Å². The molecule has 0 aliphatic rings. The Bertz CT molecular complexity index is 122. The normalized spacial score (nSPS) is 10.2. The second-order valence-corrected chi connectivity index (χ2v) is 2.50. The molecule has 52 valence electrons. The van der Waals surface area contributed by atoms with Crippen molar-refractivity contribution >= 4 is 0 Å². The molecule has 9 heavy (non-hydrogen) atoms. The molecule has 0 saturated carbocycles. The monoisotopic (exact) mass is 128 g/mol. The van der Waals surface area contributed by atoms with E-state index in [0.29, 0.717) is 6.42 Å². The van der Waals surface area contributed by atoms with Crippen molar-refractivity contribution in [1.82, 2.24) is 0 Å². The lowest BCUT2D eigenvalue weighted by molar-refractivity contribution is 0.0862. The third-order valence-electron chi connectivity index (χ3n) is 0.725. The molecule has 2 nitrogen and oxygen atoms in total. The molecule has 0 fully saturated rings. The third-order valence-corrected chi connectivity index (χ3v) is 0.725. The summed E-state index contributed by atoms with van der Waals surface area (Å²) in [5.74, 6) is 5.08. The van der Waals surface area contributed by atoms with Crippen LogP contribution in [0.1, 0.15) is 20.3 Å². The molecule has 0 aromatic carbocycles. The molecule has 0 heterocycles. The lowest BCUT2D eigenvalue weighted by Crippen LogP contribution is -2.16. The molecule has 0 amide bonds. The van der Waals surface area contributed by atoms with Crippen molar-refractivity contribution in [3.8, 4) is 11.8 Å². The Hall–Kier alpha value is -0.520. The summed E-state index contributed by atoms with van der Waals surface area (Å²) in [6.45, 7) is 3.23. The van der Waals surface area contributed by atoms with E-state index in [4.69, 9.17) is 10.2 Å². The Morgan fingerprint density at radius 3 is 2.22 bits per heavy atom. The van der Waals surface area contributed by atoms with Gasteiger partial charge in [-0.2, -0.15) is 0 Å². The summed E-state index contributed by atoms with van der Waals surface area (Å²) in [5.41, 5.74) is -0.734. The summed E-state index contributed by atoms with van der Waals surface area (Å²) in [7, 11) is 0. The van der Waals surface area contributed by atoms with Crippen LogP contribution in [0.4, 0.5) is 0 Å². The van der Waals surface area contributed by atoms with Crippen molar-refractivity contribution in [1.29, 1.82) is 0 Å². The quantitative estimate of drug-likeness (QED) is 0.493. The lowest BCUT2D eigenvalue weighted by Gasteiger charge is -2.11. The topological polar surface area (TPSA) is 40.5 Å². The number of hydrogen-bond acceptors (Lipinski definition) is 2. The van der Waals surface area contributed by atoms with Crippen molar-refractivity contribution in [3.63, 3.8) is 0 Å². The predicted molar refractivity (Wildman–Crippen MR) is 35.8 cm³/mol. The van der Waals surface area contributed by atoms with E-state index >= 15 is 0 Å². The molecular formula is C7H12O2. The molecule has 2 heteroatoms. The minimum atomic E-state index is -0.734. The molecule has 0 aromatic heterocycles. The van der Waals surface area contributed by atoms with Gasteiger partial charge in [-0.15, -0.1) is 0 Å². The molecule has 2 N–H and O–H groups in total. The van der Waals surface area contributed by atoms with E-state index in [0.717, 1.165) is 0 Å². The fourth-order valence-corrected chi connectivity index (χ4v) is 0.335. The van der Waals surface area contributed by atoms with Crippen molar-refractivity contribution in [2.24, 2.45) is 0 Å². The van der Waals surface area contributed by atoms with Crippen molar-refractivity contribution in [3.05, 3.63) is 0 Å². The standard InChI is InChI=1S/C7H12O2/c1-7(2,9)5-3-4-6-8/h8-9H,5-6H2,1-2H3. The van der Waals surface area contributed by atoms with E-state index in [2.05, 4.69) is 11.8 Å². The van der Waals surface area contributed by atoms with Crippen molar-refractivity contribution in [2.45, 2.75) is 25.9 Å². The summed E-state index contributed by atoms with van der Waals surface area (Å²) in [6, 6.07) is 0. The average Bonchev–Trinajstić information content (AvgIpc) is 1.63. The van der Waals surface area contributed by atoms with Crippen LogP contribution < -0.4 is 0 Å². The van der Waals surface area contributed by atoms with Gasteiger partial charge in [-0.25, -0.2) is 0 Å². The van der Waals surface area contributed by atoms with Gasteiger partial charge in [0.25, 0.3) is 0 Å². The van der Waals surface area contributed by atoms with Gasteiger partial charge in [0, 0.05) is 6.42 Å². The number of aliphatic hydroxyl groups excluding tert-OH is 1. The second-order valence-electron chi connectivity index (χ2n) is 2.50. The summed E-state index contributed by atoms with van der Waals surface area (Å²) in [6.07, 6.45) is 0.410. The SMILES string of the molecule is CC(C)(O)CC#CCO. The highest BCUT2D eigenvalue weighted by atomic mass is 16.3. The zero-order valence-corrected chi connectivity index (χ0v) is 5.81. The number of aliphatic hydroxyl groups is 2. The summed E-state index contributed by atoms with van der Waals surface area (Å²) < 4.78 is 0. The zero-order chi connectivity index (χ0) is 7.33. The fourth-order valence-electron chi connectivity index (χ4n) is 0.335. The second kappa shape index (κ2) is 3.49. The van der Waals surface area contributed by atoms with E-state index < -0.39 is 5.60 Å². The molecule has 0 aliphatic carbocycles. The maximum absolute atomic E-state index is 9.06. The van der Waals surface area contributed by atoms with Crippen LogP contribution in [0.25, 0.3) is 0 Å². The Morgan fingerprint density at radius 1 is 1.33 bits per heavy atom. The van der Waals surface area contributed by atoms with E-state index in [9.17, 15) is 0 Å². The highest BCUT2D eigenvalue weighted by Gasteiger charge is 2.08. The van der Waals surface area contributed by atoms with Crippen LogP contribution >= 0.6 is 0 Å². The zero-order valence-electron chi connectivity index (χ0n) is 5.81. The summed E-state index contributed by atoms with van der Waals surface area (Å²) in [5, 5.41) is 17.3. The van der Waals surface area contributed by atoms with Gasteiger partial charge < -0.3 is 10.2 Å². The number of rotatable bonds is 1. The van der Waals surface area contributed by atoms with E-state index in [1.165, 1.54) is 0 Å². The summed E-state index contributed by atoms with van der Waals surface area (Å²) in [4.78, 5) is 0. The molecule has 0 atom stereocenters. The average molecular weight is 128 g/mol. The lowest BCUT2D eigenvalue weighted by atomic mass is 10.1. The van der Waals surface area contributed by atoms with E-state index in [1.807, 2.05) is 0 Å². The minimum Gasteiger partial charge on any atom is -0.389 e. The van der Waals surface area contributed by atoms with Gasteiger partial charge in [0.15, 0.2) is 0 Å². The first-order valence-corrected chi connectivity index (χ1v) is 2.85. The maximum atomic E-state index is 9.06. The van der Waals surface area contributed by atoms with Crippen LogP contribution in [-0.2, 0) is 0 Å². The molecule has 0 radical (unpaired) electrons. The van der Waals surface area contributed by atoms with Gasteiger partial charge in [-0.05, 0) is 13.8 Å². The van der Waals surface area contributed by atoms with Crippen molar-refractivity contribution < 1.29 is 10.2 Å². The van der Waals surface area contributed by atoms with E-state index in [1.54, 1.807) is 13.8 Å². The third kappa shape index (κ3) is 7.48. The van der Waals surface area contributed by atoms with Gasteiger partial charge in [0.2, 0.25) is 0 Å². The molecule has 0 aliphatic heterocycles. The van der Waals surface area contributed by atoms with Crippen LogP contribution in [0.15, 0.2) is 0 Å². The molecular weight excluding hydrogens is 116 g/mol. The predicted octanol–water partition coefficient (Wildman–Crippen LogP) is 0.143. The molecule has 0 rings (SSSR count). The molecule has 0 bridgehead atoms. The Labute approximate surface area is 55.5 Å². The van der Waals surface area contributed by atoms with Gasteiger partial charge >= 0.3 is 0 Å². The van der Waals surface area contributed by atoms with Crippen LogP contribution in [0.5, 0.6) is 0 Å². The van der Waals surface area contributed by atoms with Crippen LogP contribution in [0.2, 0.25) is 0 Å². The number of hydrogen-bond donors (Lipinski definition) is 2. The maximum Gasteiger partial charge on any atom is 0.104 e. The van der Waals surface area contributed by atoms with Gasteiger partial charge in [0.05, 0.1) is 5.60 Å². The first kappa shape index (κ1) is 8.48. The van der Waals surface area contributed by atoms with Gasteiger partial charge in [-0.3, -0.25) is 0 Å². The molecule has 0 unspecified atom stereocenters. The Balaban J connectivity index is 3.50. The smallest absolute Gasteiger partial charge is 0.104 e. The summed E-state index contributed by atoms with van der Waals surface area (Å²) >= 11 is 0. The molecule has 0 spiro atoms. The van der Waals surface area contributed by atoms with E-state index in [-0.39, 0.29) is 6.61 Å². The van der Waals surface area contributed by atoms with Crippen LogP contribution in [-0.4, -0.2) is 22.4 Å². The van der Waals surface area contributed by atoms with Gasteiger partial charge in [0.1, 0.15) is 6.61 Å². The molecule has 0 saturated heterocycles. The first-order valence-electron chi connectivity index (χ1n) is 2.85. The largest absolute Gasteiger partial charge is 0.389 e. The highest BCUT2D eigenvalue weighted by molar-refractivity contribution is 5.01. The van der Waals surface area contributed by atoms with Crippen LogP contribution in [0, 0.1) is 11.8 Å². The minimum absolute atomic E-state index is 0.129. The molecule has 0 aromatic rings. The first-order chi connectivity index (χ1) is 4.06. The Morgan fingerprint density at radius 2 is 1.89 bits per heavy atom. The Kier molecular flexibility index (Phi) is 3.29. The van der Waals surface area contributed by atoms with Crippen LogP contribution in [0.3, 0.4) is 0 Å². The highest BCUT2D eigenvalue weighted by Crippen LogP contribution is 2.04. The fraction of sp³-hybridized carbons (Fsp3) is 0.714. The van der Waals surface area contributed by atoms with Gasteiger partial charge in [-0.1, -0.05) is 11.8 Å².